The second kappa shape index (κ2) is 3.92. The Morgan fingerprint density at radius 2 is 2.41 bits per heavy atom. The first kappa shape index (κ1) is 10.9. The van der Waals surface area contributed by atoms with Crippen LogP contribution in [-0.2, 0) is 4.79 Å². The summed E-state index contributed by atoms with van der Waals surface area (Å²) < 4.78 is 0. The molecular weight excluding hydrogens is 254 g/mol. The van der Waals surface area contributed by atoms with E-state index in [0.717, 1.165) is 26.9 Å². The minimum absolute atomic E-state index is 0.190. The Bertz CT molecular complexity index is 559. The van der Waals surface area contributed by atoms with Crippen molar-refractivity contribution in [2.24, 2.45) is 5.92 Å². The van der Waals surface area contributed by atoms with Gasteiger partial charge in [0.15, 0.2) is 0 Å². The highest BCUT2D eigenvalue weighted by Crippen LogP contribution is 2.51. The molecule has 3 rings (SSSR count). The van der Waals surface area contributed by atoms with Gasteiger partial charge < -0.3 is 5.11 Å². The van der Waals surface area contributed by atoms with Crippen molar-refractivity contribution in [1.82, 2.24) is 4.98 Å². The molecule has 2 atom stereocenters. The van der Waals surface area contributed by atoms with Crippen molar-refractivity contribution in [1.29, 1.82) is 0 Å². The van der Waals surface area contributed by atoms with E-state index in [4.69, 9.17) is 5.11 Å². The summed E-state index contributed by atoms with van der Waals surface area (Å²) in [4.78, 5) is 17.7. The van der Waals surface area contributed by atoms with Gasteiger partial charge in [-0.25, -0.2) is 4.98 Å². The number of thiazole rings is 1. The SMILES string of the molecule is Cc1nc(-c2cccs2)sc1C1CC1C(=O)O. The van der Waals surface area contributed by atoms with Gasteiger partial charge in [-0.15, -0.1) is 22.7 Å². The van der Waals surface area contributed by atoms with Crippen molar-refractivity contribution < 1.29 is 9.90 Å². The molecule has 0 aromatic carbocycles. The number of carboxylic acid groups (broad SMARTS) is 1. The second-order valence-corrected chi connectivity index (χ2v) is 6.21. The predicted octanol–water partition coefficient (Wildman–Crippen LogP) is 3.37. The van der Waals surface area contributed by atoms with Crippen molar-refractivity contribution in [2.45, 2.75) is 19.3 Å². The fraction of sp³-hybridized carbons (Fsp3) is 0.333. The van der Waals surface area contributed by atoms with E-state index >= 15 is 0 Å². The number of carbonyl (C=O) groups is 1. The molecular formula is C12H11NO2S2. The number of thiophene rings is 1. The van der Waals surface area contributed by atoms with E-state index in [1.165, 1.54) is 0 Å². The van der Waals surface area contributed by atoms with E-state index in [2.05, 4.69) is 4.98 Å². The molecule has 1 N–H and O–H groups in total. The zero-order valence-electron chi connectivity index (χ0n) is 9.21. The molecule has 1 aliphatic carbocycles. The molecule has 2 aromatic rings. The molecule has 1 aliphatic rings. The molecule has 5 heteroatoms. The monoisotopic (exact) mass is 265 g/mol. The quantitative estimate of drug-likeness (QED) is 0.925. The zero-order valence-corrected chi connectivity index (χ0v) is 10.8. The van der Waals surface area contributed by atoms with Crippen LogP contribution in [-0.4, -0.2) is 16.1 Å². The van der Waals surface area contributed by atoms with Gasteiger partial charge in [-0.3, -0.25) is 4.79 Å². The Kier molecular flexibility index (Phi) is 2.52. The molecule has 0 radical (unpaired) electrons. The Balaban J connectivity index is 1.90. The average Bonchev–Trinajstić information content (AvgIpc) is 2.73. The highest BCUT2D eigenvalue weighted by atomic mass is 32.1. The summed E-state index contributed by atoms with van der Waals surface area (Å²) >= 11 is 3.31. The third-order valence-corrected chi connectivity index (χ3v) is 5.34. The first-order valence-electron chi connectivity index (χ1n) is 5.41. The topological polar surface area (TPSA) is 50.2 Å². The smallest absolute Gasteiger partial charge is 0.307 e. The molecule has 1 fully saturated rings. The number of carboxylic acids is 1. The van der Waals surface area contributed by atoms with Crippen LogP contribution in [0.1, 0.15) is 22.9 Å². The summed E-state index contributed by atoms with van der Waals surface area (Å²) in [5.41, 5.74) is 0.993. The largest absolute Gasteiger partial charge is 0.481 e. The van der Waals surface area contributed by atoms with Crippen LogP contribution >= 0.6 is 22.7 Å². The van der Waals surface area contributed by atoms with E-state index in [9.17, 15) is 4.79 Å². The van der Waals surface area contributed by atoms with Crippen molar-refractivity contribution in [3.8, 4) is 9.88 Å². The Hall–Kier alpha value is -1.20. The van der Waals surface area contributed by atoms with Gasteiger partial charge in [-0.05, 0) is 24.8 Å². The van der Waals surface area contributed by atoms with E-state index in [1.54, 1.807) is 22.7 Å². The minimum Gasteiger partial charge on any atom is -0.481 e. The lowest BCUT2D eigenvalue weighted by Gasteiger charge is -1.92. The second-order valence-electron chi connectivity index (χ2n) is 4.23. The number of aliphatic carboxylic acids is 1. The molecule has 88 valence electrons. The van der Waals surface area contributed by atoms with Crippen LogP contribution < -0.4 is 0 Å². The maximum atomic E-state index is 10.9. The van der Waals surface area contributed by atoms with Crippen LogP contribution in [0.3, 0.4) is 0 Å². The first-order chi connectivity index (χ1) is 8.16. The van der Waals surface area contributed by atoms with Crippen molar-refractivity contribution in [2.75, 3.05) is 0 Å². The summed E-state index contributed by atoms with van der Waals surface area (Å²) in [6.07, 6.45) is 0.766. The third-order valence-electron chi connectivity index (χ3n) is 3.01. The molecule has 2 unspecified atom stereocenters. The number of hydrogen-bond acceptors (Lipinski definition) is 4. The van der Waals surface area contributed by atoms with Crippen LogP contribution in [0.4, 0.5) is 0 Å². The molecule has 0 amide bonds. The van der Waals surface area contributed by atoms with Crippen LogP contribution in [0.2, 0.25) is 0 Å². The number of aryl methyl sites for hydroxylation is 1. The van der Waals surface area contributed by atoms with Gasteiger partial charge in [0.1, 0.15) is 5.01 Å². The number of nitrogens with zero attached hydrogens (tertiary/aromatic N) is 1. The summed E-state index contributed by atoms with van der Waals surface area (Å²) in [6, 6.07) is 4.06. The number of aromatic nitrogens is 1. The lowest BCUT2D eigenvalue weighted by Crippen LogP contribution is -1.98. The van der Waals surface area contributed by atoms with Crippen LogP contribution in [0.15, 0.2) is 17.5 Å². The van der Waals surface area contributed by atoms with Gasteiger partial charge in [0.25, 0.3) is 0 Å². The maximum absolute atomic E-state index is 10.9. The molecule has 0 aliphatic heterocycles. The summed E-state index contributed by atoms with van der Waals surface area (Å²) in [7, 11) is 0. The van der Waals surface area contributed by atoms with Crippen LogP contribution in [0.5, 0.6) is 0 Å². The molecule has 3 nitrogen and oxygen atoms in total. The van der Waals surface area contributed by atoms with Crippen LogP contribution in [0.25, 0.3) is 9.88 Å². The standard InChI is InChI=1S/C12H11NO2S2/c1-6-10(7-5-8(7)12(14)15)17-11(13-6)9-3-2-4-16-9/h2-4,7-8H,5H2,1H3,(H,14,15). The van der Waals surface area contributed by atoms with Crippen LogP contribution in [0, 0.1) is 12.8 Å². The fourth-order valence-corrected chi connectivity index (χ4v) is 4.06. The van der Waals surface area contributed by atoms with Gasteiger partial charge in [0, 0.05) is 10.8 Å². The molecule has 0 saturated heterocycles. The van der Waals surface area contributed by atoms with E-state index in [1.807, 2.05) is 24.4 Å². The minimum atomic E-state index is -0.680. The Morgan fingerprint density at radius 3 is 3.00 bits per heavy atom. The molecule has 2 heterocycles. The lowest BCUT2D eigenvalue weighted by atomic mass is 10.2. The van der Waals surface area contributed by atoms with Crippen molar-refractivity contribution >= 4 is 28.6 Å². The molecule has 1 saturated carbocycles. The fourth-order valence-electron chi connectivity index (χ4n) is 2.02. The number of hydrogen-bond donors (Lipinski definition) is 1. The normalized spacial score (nSPS) is 22.6. The summed E-state index contributed by atoms with van der Waals surface area (Å²) in [5.74, 6) is -0.676. The summed E-state index contributed by atoms with van der Waals surface area (Å²) in [6.45, 7) is 1.97. The molecule has 2 aromatic heterocycles. The molecule has 0 bridgehead atoms. The highest BCUT2D eigenvalue weighted by Gasteiger charge is 2.46. The van der Waals surface area contributed by atoms with Gasteiger partial charge >= 0.3 is 5.97 Å². The van der Waals surface area contributed by atoms with Gasteiger partial charge in [0.05, 0.1) is 16.5 Å². The molecule has 0 spiro atoms. The number of rotatable bonds is 3. The zero-order chi connectivity index (χ0) is 12.0. The third kappa shape index (κ3) is 1.89. The molecule has 17 heavy (non-hydrogen) atoms. The van der Waals surface area contributed by atoms with E-state index in [-0.39, 0.29) is 11.8 Å². The Labute approximate surface area is 107 Å². The van der Waals surface area contributed by atoms with Crippen molar-refractivity contribution in [3.05, 3.63) is 28.1 Å². The summed E-state index contributed by atoms with van der Waals surface area (Å²) in [5, 5.41) is 12.0. The average molecular weight is 265 g/mol. The maximum Gasteiger partial charge on any atom is 0.307 e. The van der Waals surface area contributed by atoms with E-state index < -0.39 is 5.97 Å². The van der Waals surface area contributed by atoms with E-state index in [0.29, 0.717) is 0 Å². The highest BCUT2D eigenvalue weighted by molar-refractivity contribution is 7.21. The van der Waals surface area contributed by atoms with Gasteiger partial charge in [-0.1, -0.05) is 6.07 Å². The van der Waals surface area contributed by atoms with Gasteiger partial charge in [-0.2, -0.15) is 0 Å². The Morgan fingerprint density at radius 1 is 1.59 bits per heavy atom. The lowest BCUT2D eigenvalue weighted by molar-refractivity contribution is -0.138. The first-order valence-corrected chi connectivity index (χ1v) is 7.10. The van der Waals surface area contributed by atoms with Gasteiger partial charge in [0.2, 0.25) is 0 Å². The van der Waals surface area contributed by atoms with Crippen molar-refractivity contribution in [3.63, 3.8) is 0 Å². The predicted molar refractivity (Wildman–Crippen MR) is 68.6 cm³/mol.